The van der Waals surface area contributed by atoms with Crippen LogP contribution in [-0.4, -0.2) is 26.7 Å². The first kappa shape index (κ1) is 15.0. The molecule has 1 heterocycles. The van der Waals surface area contributed by atoms with Crippen molar-refractivity contribution < 1.29 is 14.7 Å². The van der Waals surface area contributed by atoms with Gasteiger partial charge >= 0.3 is 12.0 Å². The number of anilines is 1. The molecule has 0 spiro atoms. The number of amides is 2. The molecule has 2 rings (SSSR count). The van der Waals surface area contributed by atoms with Gasteiger partial charge in [0.1, 0.15) is 5.82 Å². The largest absolute Gasteiger partial charge is 0.478 e. The molecular formula is C13H13BrN4O3. The number of benzene rings is 1. The minimum atomic E-state index is -1.06. The van der Waals surface area contributed by atoms with Crippen LogP contribution in [0.15, 0.2) is 35.1 Å². The van der Waals surface area contributed by atoms with Gasteiger partial charge in [-0.15, -0.1) is 0 Å². The first-order chi connectivity index (χ1) is 9.97. The third-order valence-corrected chi connectivity index (χ3v) is 3.48. The highest BCUT2D eigenvalue weighted by molar-refractivity contribution is 9.10. The summed E-state index contributed by atoms with van der Waals surface area (Å²) in [7, 11) is 1.83. The number of aromatic nitrogens is 2. The van der Waals surface area contributed by atoms with E-state index in [9.17, 15) is 9.59 Å². The highest BCUT2D eigenvalue weighted by atomic mass is 79.9. The number of urea groups is 1. The number of hydrogen-bond acceptors (Lipinski definition) is 3. The lowest BCUT2D eigenvalue weighted by atomic mass is 10.2. The van der Waals surface area contributed by atoms with Gasteiger partial charge in [0.25, 0.3) is 0 Å². The van der Waals surface area contributed by atoms with Gasteiger partial charge in [-0.05, 0) is 34.1 Å². The second-order valence-corrected chi connectivity index (χ2v) is 5.12. The van der Waals surface area contributed by atoms with Crippen LogP contribution in [0, 0.1) is 0 Å². The lowest BCUT2D eigenvalue weighted by Crippen LogP contribution is -2.29. The highest BCUT2D eigenvalue weighted by Gasteiger charge is 2.10. The predicted molar refractivity (Wildman–Crippen MR) is 80.2 cm³/mol. The SMILES string of the molecule is Cn1ccnc1CNC(=O)Nc1cc(C(=O)O)ccc1Br. The molecule has 3 N–H and O–H groups in total. The maximum Gasteiger partial charge on any atom is 0.335 e. The first-order valence-corrected chi connectivity index (χ1v) is 6.80. The minimum absolute atomic E-state index is 0.0950. The van der Waals surface area contributed by atoms with E-state index in [-0.39, 0.29) is 12.1 Å². The Bertz CT molecular complexity index is 684. The predicted octanol–water partition coefficient (Wildman–Crippen LogP) is 2.20. The molecule has 0 fully saturated rings. The standard InChI is InChI=1S/C13H13BrN4O3/c1-18-5-4-15-11(18)7-16-13(21)17-10-6-8(12(19)20)2-3-9(10)14/h2-6H,7H2,1H3,(H,19,20)(H2,16,17,21). The quantitative estimate of drug-likeness (QED) is 0.785. The molecule has 1 aromatic carbocycles. The van der Waals surface area contributed by atoms with Gasteiger partial charge in [0.2, 0.25) is 0 Å². The number of halogens is 1. The third kappa shape index (κ3) is 3.82. The van der Waals surface area contributed by atoms with Gasteiger partial charge in [-0.25, -0.2) is 14.6 Å². The third-order valence-electron chi connectivity index (χ3n) is 2.79. The zero-order chi connectivity index (χ0) is 15.4. The van der Waals surface area contributed by atoms with Crippen LogP contribution in [0.5, 0.6) is 0 Å². The van der Waals surface area contributed by atoms with Crippen LogP contribution in [0.2, 0.25) is 0 Å². The Morgan fingerprint density at radius 3 is 2.81 bits per heavy atom. The number of carboxylic acid groups (broad SMARTS) is 1. The molecule has 0 saturated heterocycles. The summed E-state index contributed by atoms with van der Waals surface area (Å²) >= 11 is 3.26. The molecule has 110 valence electrons. The molecule has 0 atom stereocenters. The van der Waals surface area contributed by atoms with Gasteiger partial charge in [0.05, 0.1) is 17.8 Å². The number of imidazole rings is 1. The summed E-state index contributed by atoms with van der Waals surface area (Å²) in [5, 5.41) is 14.2. The van der Waals surface area contributed by atoms with E-state index in [4.69, 9.17) is 5.11 Å². The van der Waals surface area contributed by atoms with E-state index < -0.39 is 12.0 Å². The maximum atomic E-state index is 11.8. The number of carbonyl (C=O) groups excluding carboxylic acids is 1. The molecule has 7 nitrogen and oxygen atoms in total. The van der Waals surface area contributed by atoms with Crippen LogP contribution < -0.4 is 10.6 Å². The molecule has 0 unspecified atom stereocenters. The number of nitrogens with zero attached hydrogens (tertiary/aromatic N) is 2. The lowest BCUT2D eigenvalue weighted by molar-refractivity contribution is 0.0697. The monoisotopic (exact) mass is 352 g/mol. The van der Waals surface area contributed by atoms with Crippen LogP contribution in [0.3, 0.4) is 0 Å². The summed E-state index contributed by atoms with van der Waals surface area (Å²) in [4.78, 5) is 26.8. The van der Waals surface area contributed by atoms with Crippen molar-refractivity contribution in [3.63, 3.8) is 0 Å². The summed E-state index contributed by atoms with van der Waals surface area (Å²) in [6.45, 7) is 0.269. The average Bonchev–Trinajstić information content (AvgIpc) is 2.84. The molecule has 2 amide bonds. The molecule has 1 aromatic heterocycles. The molecular weight excluding hydrogens is 340 g/mol. The van der Waals surface area contributed by atoms with Gasteiger partial charge in [-0.2, -0.15) is 0 Å². The van der Waals surface area contributed by atoms with Crippen molar-refractivity contribution in [3.05, 3.63) is 46.5 Å². The molecule has 0 saturated carbocycles. The van der Waals surface area contributed by atoms with Crippen LogP contribution in [0.1, 0.15) is 16.2 Å². The summed E-state index contributed by atoms with van der Waals surface area (Å²) < 4.78 is 2.39. The van der Waals surface area contributed by atoms with Crippen molar-refractivity contribution in [2.24, 2.45) is 7.05 Å². The normalized spacial score (nSPS) is 10.2. The van der Waals surface area contributed by atoms with E-state index in [1.54, 1.807) is 23.0 Å². The Morgan fingerprint density at radius 1 is 1.43 bits per heavy atom. The molecule has 0 radical (unpaired) electrons. The summed E-state index contributed by atoms with van der Waals surface area (Å²) in [6.07, 6.45) is 3.42. The van der Waals surface area contributed by atoms with Crippen molar-refractivity contribution in [2.75, 3.05) is 5.32 Å². The summed E-state index contributed by atoms with van der Waals surface area (Å²) in [6, 6.07) is 3.95. The van der Waals surface area contributed by atoms with Gasteiger partial charge in [-0.1, -0.05) is 0 Å². The van der Waals surface area contributed by atoms with Gasteiger partial charge in [-0.3, -0.25) is 0 Å². The minimum Gasteiger partial charge on any atom is -0.478 e. The number of hydrogen-bond donors (Lipinski definition) is 3. The highest BCUT2D eigenvalue weighted by Crippen LogP contribution is 2.23. The smallest absolute Gasteiger partial charge is 0.335 e. The van der Waals surface area contributed by atoms with E-state index >= 15 is 0 Å². The number of aryl methyl sites for hydroxylation is 1. The van der Waals surface area contributed by atoms with E-state index in [0.29, 0.717) is 16.0 Å². The second-order valence-electron chi connectivity index (χ2n) is 4.26. The average molecular weight is 353 g/mol. The van der Waals surface area contributed by atoms with E-state index in [2.05, 4.69) is 31.5 Å². The van der Waals surface area contributed by atoms with Gasteiger partial charge < -0.3 is 20.3 Å². The topological polar surface area (TPSA) is 96.3 Å². The van der Waals surface area contributed by atoms with Crippen LogP contribution >= 0.6 is 15.9 Å². The second kappa shape index (κ2) is 6.40. The fourth-order valence-corrected chi connectivity index (χ4v) is 1.99. The van der Waals surface area contributed by atoms with Crippen LogP contribution in [-0.2, 0) is 13.6 Å². The number of carboxylic acids is 1. The molecule has 0 bridgehead atoms. The van der Waals surface area contributed by atoms with Crippen molar-refractivity contribution >= 4 is 33.6 Å². The first-order valence-electron chi connectivity index (χ1n) is 6.01. The lowest BCUT2D eigenvalue weighted by Gasteiger charge is -2.10. The Labute approximate surface area is 129 Å². The van der Waals surface area contributed by atoms with E-state index in [1.165, 1.54) is 12.1 Å². The van der Waals surface area contributed by atoms with Crippen molar-refractivity contribution in [3.8, 4) is 0 Å². The Hall–Kier alpha value is -2.35. The maximum absolute atomic E-state index is 11.8. The fraction of sp³-hybridized carbons (Fsp3) is 0.154. The summed E-state index contributed by atoms with van der Waals surface area (Å²) in [5.74, 6) is -0.345. The van der Waals surface area contributed by atoms with Crippen LogP contribution in [0.25, 0.3) is 0 Å². The Balaban J connectivity index is 2.01. The molecule has 2 aromatic rings. The zero-order valence-corrected chi connectivity index (χ0v) is 12.7. The zero-order valence-electron chi connectivity index (χ0n) is 11.1. The molecule has 21 heavy (non-hydrogen) atoms. The molecule has 0 aliphatic rings. The number of aromatic carboxylic acids is 1. The Morgan fingerprint density at radius 2 is 2.19 bits per heavy atom. The van der Waals surface area contributed by atoms with Crippen LogP contribution in [0.4, 0.5) is 10.5 Å². The van der Waals surface area contributed by atoms with E-state index in [1.807, 2.05) is 7.05 Å². The van der Waals surface area contributed by atoms with Crippen molar-refractivity contribution in [2.45, 2.75) is 6.54 Å². The number of rotatable bonds is 4. The van der Waals surface area contributed by atoms with E-state index in [0.717, 1.165) is 0 Å². The fourth-order valence-electron chi connectivity index (χ4n) is 1.65. The van der Waals surface area contributed by atoms with Gasteiger partial charge in [0, 0.05) is 23.9 Å². The molecule has 0 aliphatic heterocycles. The molecule has 0 aliphatic carbocycles. The van der Waals surface area contributed by atoms with Crippen molar-refractivity contribution in [1.82, 2.24) is 14.9 Å². The summed E-state index contributed by atoms with van der Waals surface area (Å²) in [5.41, 5.74) is 0.477. The number of nitrogens with one attached hydrogen (secondary N) is 2. The Kier molecular flexibility index (Phi) is 4.59. The number of carbonyl (C=O) groups is 2. The molecule has 8 heteroatoms. The van der Waals surface area contributed by atoms with Gasteiger partial charge in [0.15, 0.2) is 0 Å². The van der Waals surface area contributed by atoms with Crippen molar-refractivity contribution in [1.29, 1.82) is 0 Å².